The van der Waals surface area contributed by atoms with E-state index in [2.05, 4.69) is 9.97 Å². The minimum absolute atomic E-state index is 0.220. The molecule has 2 rings (SSSR count). The minimum atomic E-state index is -0.478. The van der Waals surface area contributed by atoms with Crippen LogP contribution in [-0.2, 0) is 4.74 Å². The summed E-state index contributed by atoms with van der Waals surface area (Å²) in [7, 11) is 0. The molecule has 2 atom stereocenters. The lowest BCUT2D eigenvalue weighted by molar-refractivity contribution is 0.127. The fraction of sp³-hybridized carbons (Fsp3) is 0.556. The maximum Gasteiger partial charge on any atom is 0.217 e. The molecule has 0 spiro atoms. The maximum absolute atomic E-state index is 12.7. The van der Waals surface area contributed by atoms with Crippen molar-refractivity contribution in [3.05, 3.63) is 18.3 Å². The van der Waals surface area contributed by atoms with Gasteiger partial charge in [0.1, 0.15) is 11.4 Å². The van der Waals surface area contributed by atoms with Crippen LogP contribution in [-0.4, -0.2) is 27.9 Å². The summed E-state index contributed by atoms with van der Waals surface area (Å²) in [6.45, 7) is 2.81. The van der Waals surface area contributed by atoms with Gasteiger partial charge in [0, 0.05) is 17.9 Å². The second-order valence-electron chi connectivity index (χ2n) is 3.20. The summed E-state index contributed by atoms with van der Waals surface area (Å²) in [6.07, 6.45) is 2.47. The number of rotatable bonds is 2. The van der Waals surface area contributed by atoms with Crippen LogP contribution in [0, 0.1) is 5.95 Å². The molecule has 1 saturated heterocycles. The van der Waals surface area contributed by atoms with Crippen molar-refractivity contribution in [2.45, 2.75) is 29.7 Å². The smallest absolute Gasteiger partial charge is 0.217 e. The van der Waals surface area contributed by atoms with Gasteiger partial charge in [-0.2, -0.15) is 4.39 Å². The lowest BCUT2D eigenvalue weighted by Gasteiger charge is -2.12. The van der Waals surface area contributed by atoms with Gasteiger partial charge in [0.25, 0.3) is 0 Å². The zero-order chi connectivity index (χ0) is 9.97. The van der Waals surface area contributed by atoms with Crippen molar-refractivity contribution in [1.29, 1.82) is 0 Å². The molecule has 0 amide bonds. The molecule has 0 aromatic carbocycles. The average Bonchev–Trinajstić information content (AvgIpc) is 2.52. The Morgan fingerprint density at radius 2 is 2.43 bits per heavy atom. The minimum Gasteiger partial charge on any atom is -0.377 e. The highest BCUT2D eigenvalue weighted by Gasteiger charge is 2.25. The number of aromatic nitrogens is 2. The Hall–Kier alpha value is -0.680. The lowest BCUT2D eigenvalue weighted by atomic mass is 10.3. The molecule has 76 valence electrons. The third-order valence-corrected chi connectivity index (χ3v) is 3.57. The van der Waals surface area contributed by atoms with Crippen LogP contribution in [0.5, 0.6) is 0 Å². The van der Waals surface area contributed by atoms with E-state index < -0.39 is 5.95 Å². The number of halogens is 1. The van der Waals surface area contributed by atoms with Crippen molar-refractivity contribution in [2.75, 3.05) is 6.61 Å². The summed E-state index contributed by atoms with van der Waals surface area (Å²) in [6, 6.07) is 1.36. The van der Waals surface area contributed by atoms with Crippen molar-refractivity contribution in [3.8, 4) is 0 Å². The normalized spacial score (nSPS) is 26.7. The van der Waals surface area contributed by atoms with Crippen molar-refractivity contribution >= 4 is 11.8 Å². The molecule has 14 heavy (non-hydrogen) atoms. The van der Waals surface area contributed by atoms with Gasteiger partial charge in [0.15, 0.2) is 0 Å². The predicted molar refractivity (Wildman–Crippen MR) is 51.7 cm³/mol. The van der Waals surface area contributed by atoms with E-state index in [-0.39, 0.29) is 6.10 Å². The number of thioether (sulfide) groups is 1. The third-order valence-electron chi connectivity index (χ3n) is 2.19. The molecule has 0 aliphatic carbocycles. The van der Waals surface area contributed by atoms with Gasteiger partial charge in [-0.1, -0.05) is 0 Å². The van der Waals surface area contributed by atoms with E-state index in [1.54, 1.807) is 11.8 Å². The Kier molecular flexibility index (Phi) is 2.98. The van der Waals surface area contributed by atoms with Crippen LogP contribution in [0.4, 0.5) is 4.39 Å². The Morgan fingerprint density at radius 1 is 1.57 bits per heavy atom. The standard InChI is InChI=1S/C9H11FN2OS/c1-6-7(2-3-13-6)14-9-4-8(10)11-5-12-9/h4-7H,2-3H2,1H3. The fourth-order valence-corrected chi connectivity index (χ4v) is 2.47. The van der Waals surface area contributed by atoms with Gasteiger partial charge < -0.3 is 4.74 Å². The second kappa shape index (κ2) is 4.23. The summed E-state index contributed by atoms with van der Waals surface area (Å²) in [5.74, 6) is -0.478. The molecule has 0 N–H and O–H groups in total. The van der Waals surface area contributed by atoms with Crippen molar-refractivity contribution in [2.24, 2.45) is 0 Å². The van der Waals surface area contributed by atoms with E-state index in [1.807, 2.05) is 6.92 Å². The fourth-order valence-electron chi connectivity index (χ4n) is 1.40. The van der Waals surface area contributed by atoms with Gasteiger partial charge in [0.2, 0.25) is 5.95 Å². The van der Waals surface area contributed by atoms with Crippen molar-refractivity contribution in [3.63, 3.8) is 0 Å². The van der Waals surface area contributed by atoms with E-state index in [0.717, 1.165) is 13.0 Å². The summed E-state index contributed by atoms with van der Waals surface area (Å²) in [5.41, 5.74) is 0. The Bertz CT molecular complexity index is 323. The SMILES string of the molecule is CC1OCCC1Sc1cc(F)ncn1. The molecule has 1 fully saturated rings. The predicted octanol–water partition coefficient (Wildman–Crippen LogP) is 1.89. The van der Waals surface area contributed by atoms with Gasteiger partial charge in [-0.15, -0.1) is 11.8 Å². The topological polar surface area (TPSA) is 35.0 Å². The number of nitrogens with zero attached hydrogens (tertiary/aromatic N) is 2. The van der Waals surface area contributed by atoms with Crippen molar-refractivity contribution < 1.29 is 9.13 Å². The largest absolute Gasteiger partial charge is 0.377 e. The molecular weight excluding hydrogens is 203 g/mol. The summed E-state index contributed by atoms with van der Waals surface area (Å²) >= 11 is 1.56. The highest BCUT2D eigenvalue weighted by atomic mass is 32.2. The summed E-state index contributed by atoms with van der Waals surface area (Å²) in [5, 5.41) is 1.06. The van der Waals surface area contributed by atoms with E-state index in [4.69, 9.17) is 4.74 Å². The summed E-state index contributed by atoms with van der Waals surface area (Å²) < 4.78 is 18.2. The average molecular weight is 214 g/mol. The van der Waals surface area contributed by atoms with E-state index >= 15 is 0 Å². The van der Waals surface area contributed by atoms with Crippen LogP contribution in [0.15, 0.2) is 17.4 Å². The maximum atomic E-state index is 12.7. The van der Waals surface area contributed by atoms with Crippen LogP contribution >= 0.6 is 11.8 Å². The number of hydrogen-bond acceptors (Lipinski definition) is 4. The molecule has 2 unspecified atom stereocenters. The van der Waals surface area contributed by atoms with E-state index in [9.17, 15) is 4.39 Å². The zero-order valence-corrected chi connectivity index (χ0v) is 8.63. The Morgan fingerprint density at radius 3 is 3.07 bits per heavy atom. The molecule has 1 aliphatic heterocycles. The van der Waals surface area contributed by atoms with Gasteiger partial charge >= 0.3 is 0 Å². The van der Waals surface area contributed by atoms with Gasteiger partial charge in [-0.3, -0.25) is 0 Å². The quantitative estimate of drug-likeness (QED) is 0.704. The number of hydrogen-bond donors (Lipinski definition) is 0. The molecule has 1 aromatic heterocycles. The molecule has 5 heteroatoms. The van der Waals surface area contributed by atoms with Gasteiger partial charge in [-0.05, 0) is 13.3 Å². The molecule has 0 radical (unpaired) electrons. The first kappa shape index (κ1) is 9.86. The van der Waals surface area contributed by atoms with E-state index in [0.29, 0.717) is 10.3 Å². The molecule has 0 bridgehead atoms. The molecule has 2 heterocycles. The second-order valence-corrected chi connectivity index (χ2v) is 4.46. The van der Waals surface area contributed by atoms with Gasteiger partial charge in [-0.25, -0.2) is 9.97 Å². The van der Waals surface area contributed by atoms with Crippen LogP contribution < -0.4 is 0 Å². The summed E-state index contributed by atoms with van der Waals surface area (Å²) in [4.78, 5) is 7.40. The van der Waals surface area contributed by atoms with Crippen LogP contribution in [0.3, 0.4) is 0 Å². The lowest BCUT2D eigenvalue weighted by Crippen LogP contribution is -2.13. The highest BCUT2D eigenvalue weighted by Crippen LogP contribution is 2.31. The van der Waals surface area contributed by atoms with Crippen LogP contribution in [0.1, 0.15) is 13.3 Å². The highest BCUT2D eigenvalue weighted by molar-refractivity contribution is 7.99. The van der Waals surface area contributed by atoms with Crippen LogP contribution in [0.25, 0.3) is 0 Å². The Labute approximate surface area is 86.1 Å². The third kappa shape index (κ3) is 2.22. The molecular formula is C9H11FN2OS. The Balaban J connectivity index is 2.03. The number of ether oxygens (including phenoxy) is 1. The zero-order valence-electron chi connectivity index (χ0n) is 7.81. The first-order valence-corrected chi connectivity index (χ1v) is 5.39. The molecule has 1 aromatic rings. The van der Waals surface area contributed by atoms with Crippen molar-refractivity contribution in [1.82, 2.24) is 9.97 Å². The van der Waals surface area contributed by atoms with Crippen LogP contribution in [0.2, 0.25) is 0 Å². The first-order chi connectivity index (χ1) is 6.75. The molecule has 3 nitrogen and oxygen atoms in total. The molecule has 1 aliphatic rings. The van der Waals surface area contributed by atoms with Gasteiger partial charge in [0.05, 0.1) is 6.10 Å². The molecule has 0 saturated carbocycles. The van der Waals surface area contributed by atoms with E-state index in [1.165, 1.54) is 12.4 Å². The monoisotopic (exact) mass is 214 g/mol. The first-order valence-electron chi connectivity index (χ1n) is 4.51.